The third kappa shape index (κ3) is 1.35. The maximum atomic E-state index is 4.64. The Morgan fingerprint density at radius 2 is 1.58 bits per heavy atom. The fraction of sp³-hybridized carbons (Fsp3) is 0.588. The van der Waals surface area contributed by atoms with E-state index in [2.05, 4.69) is 40.1 Å². The molecule has 0 N–H and O–H groups in total. The van der Waals surface area contributed by atoms with Crippen LogP contribution in [0.2, 0.25) is 0 Å². The first-order valence-corrected chi connectivity index (χ1v) is 7.75. The van der Waals surface area contributed by atoms with E-state index in [0.717, 1.165) is 17.8 Å². The van der Waals surface area contributed by atoms with Crippen molar-refractivity contribution >= 4 is 11.0 Å². The summed E-state index contributed by atoms with van der Waals surface area (Å²) in [6.07, 6.45) is 10.8. The van der Waals surface area contributed by atoms with Gasteiger partial charge in [0.2, 0.25) is 0 Å². The van der Waals surface area contributed by atoms with Crippen molar-refractivity contribution in [3.05, 3.63) is 30.6 Å². The number of para-hydroxylation sites is 2. The molecule has 2 heteroatoms. The molecule has 6 rings (SSSR count). The normalized spacial score (nSPS) is 40.1. The second-order valence-corrected chi connectivity index (χ2v) is 7.25. The first-order chi connectivity index (χ1) is 9.32. The van der Waals surface area contributed by atoms with Crippen LogP contribution >= 0.6 is 0 Å². The van der Waals surface area contributed by atoms with E-state index in [9.17, 15) is 0 Å². The van der Waals surface area contributed by atoms with Gasteiger partial charge in [-0.2, -0.15) is 0 Å². The molecule has 4 bridgehead atoms. The van der Waals surface area contributed by atoms with Crippen molar-refractivity contribution < 1.29 is 0 Å². The van der Waals surface area contributed by atoms with E-state index in [0.29, 0.717) is 5.54 Å². The van der Waals surface area contributed by atoms with Crippen molar-refractivity contribution in [1.29, 1.82) is 0 Å². The molecule has 0 saturated heterocycles. The summed E-state index contributed by atoms with van der Waals surface area (Å²) in [6.45, 7) is 0. The Labute approximate surface area is 113 Å². The van der Waals surface area contributed by atoms with Crippen LogP contribution in [0.25, 0.3) is 11.0 Å². The molecule has 0 spiro atoms. The van der Waals surface area contributed by atoms with Crippen molar-refractivity contribution in [2.24, 2.45) is 17.8 Å². The summed E-state index contributed by atoms with van der Waals surface area (Å²) in [6, 6.07) is 8.65. The topological polar surface area (TPSA) is 17.8 Å². The molecule has 4 aliphatic rings. The van der Waals surface area contributed by atoms with Gasteiger partial charge in [0, 0.05) is 5.54 Å². The fourth-order valence-electron chi connectivity index (χ4n) is 5.70. The highest BCUT2D eigenvalue weighted by molar-refractivity contribution is 5.75. The van der Waals surface area contributed by atoms with Gasteiger partial charge in [0.1, 0.15) is 0 Å². The molecule has 4 aliphatic carbocycles. The molecule has 0 amide bonds. The summed E-state index contributed by atoms with van der Waals surface area (Å²) in [5.41, 5.74) is 2.92. The zero-order valence-corrected chi connectivity index (χ0v) is 11.3. The summed E-state index contributed by atoms with van der Waals surface area (Å²) in [4.78, 5) is 4.64. The number of hydrogen-bond donors (Lipinski definition) is 0. The second-order valence-electron chi connectivity index (χ2n) is 7.25. The lowest BCUT2D eigenvalue weighted by Gasteiger charge is -2.57. The molecule has 1 aromatic carbocycles. The molecule has 1 heterocycles. The zero-order chi connectivity index (χ0) is 12.4. The lowest BCUT2D eigenvalue weighted by molar-refractivity contribution is -0.0410. The van der Waals surface area contributed by atoms with Crippen LogP contribution in [-0.4, -0.2) is 9.55 Å². The Bertz CT molecular complexity index is 604. The number of rotatable bonds is 1. The quantitative estimate of drug-likeness (QED) is 0.751. The minimum Gasteiger partial charge on any atom is -0.324 e. The van der Waals surface area contributed by atoms with Crippen LogP contribution in [0.3, 0.4) is 0 Å². The van der Waals surface area contributed by atoms with Crippen LogP contribution in [-0.2, 0) is 5.54 Å². The summed E-state index contributed by atoms with van der Waals surface area (Å²) in [5, 5.41) is 0. The number of hydrogen-bond acceptors (Lipinski definition) is 1. The summed E-state index contributed by atoms with van der Waals surface area (Å²) < 4.78 is 2.55. The molecule has 98 valence electrons. The largest absolute Gasteiger partial charge is 0.324 e. The standard InChI is InChI=1S/C17H20N2/c1-2-4-16-15(3-1)18-11-19(16)17-8-12-5-13(9-17)7-14(6-12)10-17/h1-4,11-14H,5-10H2. The Kier molecular flexibility index (Phi) is 1.88. The van der Waals surface area contributed by atoms with E-state index in [1.165, 1.54) is 49.6 Å². The van der Waals surface area contributed by atoms with Gasteiger partial charge in [0.25, 0.3) is 0 Å². The SMILES string of the molecule is c1ccc2c(c1)ncn2C12CC3CC(CC(C3)C1)C2. The van der Waals surface area contributed by atoms with E-state index in [-0.39, 0.29) is 0 Å². The fourth-order valence-corrected chi connectivity index (χ4v) is 5.70. The maximum absolute atomic E-state index is 4.64. The average Bonchev–Trinajstić information content (AvgIpc) is 2.81. The van der Waals surface area contributed by atoms with Crippen molar-refractivity contribution in [1.82, 2.24) is 9.55 Å². The molecule has 0 aliphatic heterocycles. The van der Waals surface area contributed by atoms with Crippen LogP contribution in [0.5, 0.6) is 0 Å². The van der Waals surface area contributed by atoms with Gasteiger partial charge in [0.15, 0.2) is 0 Å². The van der Waals surface area contributed by atoms with Gasteiger partial charge in [-0.15, -0.1) is 0 Å². The highest BCUT2D eigenvalue weighted by Gasteiger charge is 2.52. The summed E-state index contributed by atoms with van der Waals surface area (Å²) in [7, 11) is 0. The molecular formula is C17H20N2. The van der Waals surface area contributed by atoms with Crippen LogP contribution < -0.4 is 0 Å². The highest BCUT2D eigenvalue weighted by Crippen LogP contribution is 2.59. The molecule has 4 saturated carbocycles. The van der Waals surface area contributed by atoms with Crippen LogP contribution in [0.4, 0.5) is 0 Å². The molecule has 0 unspecified atom stereocenters. The third-order valence-electron chi connectivity index (χ3n) is 5.97. The Morgan fingerprint density at radius 3 is 2.26 bits per heavy atom. The van der Waals surface area contributed by atoms with Crippen molar-refractivity contribution in [2.45, 2.75) is 44.1 Å². The first-order valence-electron chi connectivity index (χ1n) is 7.75. The minimum atomic E-state index is 0.408. The number of imidazole rings is 1. The van der Waals surface area contributed by atoms with E-state index < -0.39 is 0 Å². The smallest absolute Gasteiger partial charge is 0.0963 e. The third-order valence-corrected chi connectivity index (χ3v) is 5.97. The molecule has 0 atom stereocenters. The van der Waals surface area contributed by atoms with Gasteiger partial charge >= 0.3 is 0 Å². The number of fused-ring (bicyclic) bond motifs is 1. The Morgan fingerprint density at radius 1 is 0.947 bits per heavy atom. The molecular weight excluding hydrogens is 232 g/mol. The molecule has 2 aromatic rings. The van der Waals surface area contributed by atoms with E-state index in [4.69, 9.17) is 0 Å². The van der Waals surface area contributed by atoms with Crippen molar-refractivity contribution in [2.75, 3.05) is 0 Å². The van der Waals surface area contributed by atoms with Gasteiger partial charge in [-0.3, -0.25) is 0 Å². The lowest BCUT2D eigenvalue weighted by Crippen LogP contribution is -2.51. The number of aromatic nitrogens is 2. The van der Waals surface area contributed by atoms with Crippen LogP contribution in [0.15, 0.2) is 30.6 Å². The predicted molar refractivity (Wildman–Crippen MR) is 75.9 cm³/mol. The highest BCUT2D eigenvalue weighted by atomic mass is 15.1. The molecule has 19 heavy (non-hydrogen) atoms. The van der Waals surface area contributed by atoms with Crippen molar-refractivity contribution in [3.8, 4) is 0 Å². The summed E-state index contributed by atoms with van der Waals surface area (Å²) >= 11 is 0. The van der Waals surface area contributed by atoms with Crippen molar-refractivity contribution in [3.63, 3.8) is 0 Å². The lowest BCUT2D eigenvalue weighted by atomic mass is 9.53. The Hall–Kier alpha value is -1.31. The molecule has 2 nitrogen and oxygen atoms in total. The van der Waals surface area contributed by atoms with E-state index >= 15 is 0 Å². The minimum absolute atomic E-state index is 0.408. The van der Waals surface area contributed by atoms with Gasteiger partial charge < -0.3 is 4.57 Å². The maximum Gasteiger partial charge on any atom is 0.0963 e. The van der Waals surface area contributed by atoms with Gasteiger partial charge in [0.05, 0.1) is 17.4 Å². The molecule has 1 aromatic heterocycles. The van der Waals surface area contributed by atoms with Gasteiger partial charge in [-0.05, 0) is 68.4 Å². The summed E-state index contributed by atoms with van der Waals surface area (Å²) in [5.74, 6) is 2.98. The number of benzene rings is 1. The first kappa shape index (κ1) is 10.5. The van der Waals surface area contributed by atoms with Gasteiger partial charge in [-0.25, -0.2) is 4.98 Å². The zero-order valence-electron chi connectivity index (χ0n) is 11.3. The number of nitrogens with zero attached hydrogens (tertiary/aromatic N) is 2. The monoisotopic (exact) mass is 252 g/mol. The van der Waals surface area contributed by atoms with Gasteiger partial charge in [-0.1, -0.05) is 12.1 Å². The van der Waals surface area contributed by atoms with Crippen LogP contribution in [0, 0.1) is 17.8 Å². The predicted octanol–water partition coefficient (Wildman–Crippen LogP) is 3.96. The van der Waals surface area contributed by atoms with Crippen LogP contribution in [0.1, 0.15) is 38.5 Å². The average molecular weight is 252 g/mol. The van der Waals surface area contributed by atoms with E-state index in [1.807, 2.05) is 0 Å². The molecule has 4 fully saturated rings. The second kappa shape index (κ2) is 3.41. The Balaban J connectivity index is 1.69. The van der Waals surface area contributed by atoms with E-state index in [1.54, 1.807) is 0 Å². The molecule has 0 radical (unpaired) electrons.